The second kappa shape index (κ2) is 9.54. The van der Waals surface area contributed by atoms with E-state index in [-0.39, 0.29) is 12.5 Å². The van der Waals surface area contributed by atoms with Crippen molar-refractivity contribution >= 4 is 11.7 Å². The van der Waals surface area contributed by atoms with Crippen molar-refractivity contribution in [3.8, 4) is 5.75 Å². The van der Waals surface area contributed by atoms with Gasteiger partial charge in [0.2, 0.25) is 0 Å². The van der Waals surface area contributed by atoms with E-state index < -0.39 is 0 Å². The van der Waals surface area contributed by atoms with Gasteiger partial charge in [-0.1, -0.05) is 48.0 Å². The van der Waals surface area contributed by atoms with Crippen LogP contribution in [0.15, 0.2) is 66.9 Å². The van der Waals surface area contributed by atoms with Crippen molar-refractivity contribution in [1.29, 1.82) is 0 Å². The molecule has 1 aromatic heterocycles. The van der Waals surface area contributed by atoms with Gasteiger partial charge in [0.1, 0.15) is 24.8 Å². The van der Waals surface area contributed by atoms with Crippen LogP contribution in [-0.4, -0.2) is 35.5 Å². The molecule has 140 valence electrons. The molecule has 0 aliphatic heterocycles. The van der Waals surface area contributed by atoms with Crippen LogP contribution in [0.3, 0.4) is 0 Å². The molecule has 0 saturated heterocycles. The minimum atomic E-state index is -0.222. The number of carbonyl (C=O) groups is 1. The third-order valence-corrected chi connectivity index (χ3v) is 3.87. The number of rotatable bonds is 9. The third kappa shape index (κ3) is 5.97. The molecule has 0 spiro atoms. The normalized spacial score (nSPS) is 10.6. The van der Waals surface area contributed by atoms with Crippen LogP contribution >= 0.6 is 0 Å². The molecule has 0 saturated carbocycles. The predicted molar refractivity (Wildman–Crippen MR) is 104 cm³/mol. The number of ether oxygens (including phenoxy) is 2. The molecule has 0 bridgehead atoms. The van der Waals surface area contributed by atoms with Crippen molar-refractivity contribution in [1.82, 2.24) is 9.78 Å². The first-order valence-corrected chi connectivity index (χ1v) is 8.83. The first-order chi connectivity index (χ1) is 13.2. The number of nitrogens with zero attached hydrogens (tertiary/aromatic N) is 2. The lowest BCUT2D eigenvalue weighted by molar-refractivity contribution is -0.120. The fraction of sp³-hybridized carbons (Fsp3) is 0.238. The van der Waals surface area contributed by atoms with Gasteiger partial charge in [-0.05, 0) is 24.6 Å². The lowest BCUT2D eigenvalue weighted by Crippen LogP contribution is -2.22. The van der Waals surface area contributed by atoms with Crippen LogP contribution in [0.1, 0.15) is 11.1 Å². The summed E-state index contributed by atoms with van der Waals surface area (Å²) in [4.78, 5) is 12.1. The molecule has 0 aliphatic carbocycles. The highest BCUT2D eigenvalue weighted by Gasteiger charge is 2.08. The summed E-state index contributed by atoms with van der Waals surface area (Å²) in [6, 6.07) is 19.5. The Labute approximate surface area is 158 Å². The van der Waals surface area contributed by atoms with E-state index in [4.69, 9.17) is 9.47 Å². The maximum atomic E-state index is 12.1. The Balaban J connectivity index is 1.41. The molecular formula is C21H23N3O3. The van der Waals surface area contributed by atoms with Crippen LogP contribution in [0.2, 0.25) is 0 Å². The minimum absolute atomic E-state index is 0.0340. The van der Waals surface area contributed by atoms with Crippen molar-refractivity contribution < 1.29 is 14.3 Å². The van der Waals surface area contributed by atoms with Gasteiger partial charge in [0.25, 0.3) is 5.91 Å². The number of amides is 1. The van der Waals surface area contributed by atoms with Crippen molar-refractivity contribution in [3.63, 3.8) is 0 Å². The third-order valence-electron chi connectivity index (χ3n) is 3.87. The Kier molecular flexibility index (Phi) is 6.60. The first kappa shape index (κ1) is 18.7. The summed E-state index contributed by atoms with van der Waals surface area (Å²) in [7, 11) is 0. The van der Waals surface area contributed by atoms with Gasteiger partial charge < -0.3 is 14.8 Å². The fourth-order valence-electron chi connectivity index (χ4n) is 2.63. The van der Waals surface area contributed by atoms with Gasteiger partial charge in [0.05, 0.1) is 19.3 Å². The van der Waals surface area contributed by atoms with E-state index in [1.165, 1.54) is 5.56 Å². The number of anilines is 1. The van der Waals surface area contributed by atoms with Gasteiger partial charge in [0, 0.05) is 6.07 Å². The zero-order chi connectivity index (χ0) is 18.9. The van der Waals surface area contributed by atoms with Gasteiger partial charge >= 0.3 is 0 Å². The van der Waals surface area contributed by atoms with E-state index >= 15 is 0 Å². The molecule has 0 atom stereocenters. The quantitative estimate of drug-likeness (QED) is 0.591. The van der Waals surface area contributed by atoms with Crippen LogP contribution < -0.4 is 10.1 Å². The Morgan fingerprint density at radius 1 is 1.07 bits per heavy atom. The summed E-state index contributed by atoms with van der Waals surface area (Å²) in [5.41, 5.74) is 2.32. The van der Waals surface area contributed by atoms with Crippen LogP contribution in [0.5, 0.6) is 5.75 Å². The monoisotopic (exact) mass is 365 g/mol. The van der Waals surface area contributed by atoms with Crippen LogP contribution in [0.4, 0.5) is 5.82 Å². The molecule has 0 unspecified atom stereocenters. The van der Waals surface area contributed by atoms with Gasteiger partial charge in [-0.15, -0.1) is 0 Å². The molecule has 2 aromatic carbocycles. The highest BCUT2D eigenvalue weighted by atomic mass is 16.5. The highest BCUT2D eigenvalue weighted by molar-refractivity contribution is 5.90. The first-order valence-electron chi connectivity index (χ1n) is 8.83. The van der Waals surface area contributed by atoms with Crippen molar-refractivity contribution in [2.24, 2.45) is 0 Å². The predicted octanol–water partition coefficient (Wildman–Crippen LogP) is 3.27. The summed E-state index contributed by atoms with van der Waals surface area (Å²) in [5, 5.41) is 7.11. The molecule has 1 heterocycles. The van der Waals surface area contributed by atoms with E-state index in [0.29, 0.717) is 25.6 Å². The molecule has 6 heteroatoms. The molecule has 6 nitrogen and oxygen atoms in total. The fourth-order valence-corrected chi connectivity index (χ4v) is 2.63. The van der Waals surface area contributed by atoms with E-state index in [2.05, 4.69) is 16.5 Å². The Morgan fingerprint density at radius 2 is 1.93 bits per heavy atom. The molecule has 3 rings (SSSR count). The number of carbonyl (C=O) groups excluding carboxylic acids is 1. The summed E-state index contributed by atoms with van der Waals surface area (Å²) in [6.07, 6.45) is 1.67. The number of para-hydroxylation sites is 1. The van der Waals surface area contributed by atoms with Crippen molar-refractivity contribution in [2.45, 2.75) is 13.5 Å². The molecule has 1 amide bonds. The molecular weight excluding hydrogens is 342 g/mol. The molecule has 0 fully saturated rings. The van der Waals surface area contributed by atoms with E-state index in [0.717, 1.165) is 11.3 Å². The number of aromatic nitrogens is 2. The number of aryl methyl sites for hydroxylation is 1. The second-order valence-corrected chi connectivity index (χ2v) is 6.13. The molecule has 3 aromatic rings. The molecule has 0 aliphatic rings. The summed E-state index contributed by atoms with van der Waals surface area (Å²) in [5.74, 6) is 1.21. The van der Waals surface area contributed by atoms with Crippen LogP contribution in [0, 0.1) is 6.92 Å². The average Bonchev–Trinajstić information content (AvgIpc) is 3.09. The van der Waals surface area contributed by atoms with Crippen molar-refractivity contribution in [3.05, 3.63) is 78.0 Å². The second-order valence-electron chi connectivity index (χ2n) is 6.13. The SMILES string of the molecule is Cc1cccc(Cn2nccc2NC(=O)COCCOc2ccccc2)c1. The minimum Gasteiger partial charge on any atom is -0.491 e. The topological polar surface area (TPSA) is 65.4 Å². The summed E-state index contributed by atoms with van der Waals surface area (Å²) in [6.45, 7) is 3.34. The van der Waals surface area contributed by atoms with Gasteiger partial charge in [-0.3, -0.25) is 4.79 Å². The lowest BCUT2D eigenvalue weighted by Gasteiger charge is -2.10. The number of benzene rings is 2. The number of nitrogens with one attached hydrogen (secondary N) is 1. The summed E-state index contributed by atoms with van der Waals surface area (Å²) >= 11 is 0. The molecule has 27 heavy (non-hydrogen) atoms. The van der Waals surface area contributed by atoms with Crippen LogP contribution in [0.25, 0.3) is 0 Å². The van der Waals surface area contributed by atoms with Crippen molar-refractivity contribution in [2.75, 3.05) is 25.1 Å². The Bertz CT molecular complexity index is 862. The zero-order valence-electron chi connectivity index (χ0n) is 15.3. The van der Waals surface area contributed by atoms with Gasteiger partial charge in [0.15, 0.2) is 0 Å². The van der Waals surface area contributed by atoms with Crippen LogP contribution in [-0.2, 0) is 16.1 Å². The maximum absolute atomic E-state index is 12.1. The largest absolute Gasteiger partial charge is 0.491 e. The van der Waals surface area contributed by atoms with E-state index in [1.54, 1.807) is 16.9 Å². The Morgan fingerprint density at radius 3 is 2.74 bits per heavy atom. The maximum Gasteiger partial charge on any atom is 0.251 e. The number of hydrogen-bond donors (Lipinski definition) is 1. The standard InChI is InChI=1S/C21H23N3O3/c1-17-6-5-7-18(14-17)15-24-20(10-11-22-24)23-21(25)16-26-12-13-27-19-8-3-2-4-9-19/h2-11,14H,12-13,15-16H2,1H3,(H,23,25). The summed E-state index contributed by atoms with van der Waals surface area (Å²) < 4.78 is 12.6. The van der Waals surface area contributed by atoms with Gasteiger partial charge in [-0.2, -0.15) is 5.10 Å². The number of hydrogen-bond acceptors (Lipinski definition) is 4. The lowest BCUT2D eigenvalue weighted by atomic mass is 10.1. The van der Waals surface area contributed by atoms with Gasteiger partial charge in [-0.25, -0.2) is 4.68 Å². The zero-order valence-corrected chi connectivity index (χ0v) is 15.3. The average molecular weight is 365 g/mol. The smallest absolute Gasteiger partial charge is 0.251 e. The molecule has 0 radical (unpaired) electrons. The van der Waals surface area contributed by atoms with E-state index in [9.17, 15) is 4.79 Å². The van der Waals surface area contributed by atoms with E-state index in [1.807, 2.05) is 55.5 Å². The highest BCUT2D eigenvalue weighted by Crippen LogP contribution is 2.11. The molecule has 1 N–H and O–H groups in total. The Hall–Kier alpha value is -3.12.